The molecule has 156 valence electrons. The third kappa shape index (κ3) is 4.63. The summed E-state index contributed by atoms with van der Waals surface area (Å²) in [7, 11) is -3.49. The van der Waals surface area contributed by atoms with Crippen LogP contribution in [0.15, 0.2) is 66.2 Å². The number of para-hydroxylation sites is 1. The van der Waals surface area contributed by atoms with Gasteiger partial charge in [0.2, 0.25) is 15.9 Å². The third-order valence-electron chi connectivity index (χ3n) is 5.47. The SMILES string of the molecule is O=C(CCc1c[nH]c2ccccc12)N1CCN(S(=O)(=O)C=Cc2ccccc2)CC1. The van der Waals surface area contributed by atoms with Crippen molar-refractivity contribution in [2.75, 3.05) is 26.2 Å². The van der Waals surface area contributed by atoms with Crippen LogP contribution in [0.4, 0.5) is 0 Å². The average Bonchev–Trinajstić information content (AvgIpc) is 3.20. The Morgan fingerprint density at radius 2 is 1.67 bits per heavy atom. The number of aromatic amines is 1. The average molecular weight is 424 g/mol. The number of aryl methyl sites for hydroxylation is 1. The molecule has 1 amide bonds. The fourth-order valence-corrected chi connectivity index (χ4v) is 4.92. The van der Waals surface area contributed by atoms with Crippen LogP contribution in [0.1, 0.15) is 17.5 Å². The number of H-pyrrole nitrogens is 1. The van der Waals surface area contributed by atoms with Crippen molar-refractivity contribution in [3.8, 4) is 0 Å². The number of carbonyl (C=O) groups is 1. The van der Waals surface area contributed by atoms with Crippen molar-refractivity contribution in [2.24, 2.45) is 0 Å². The highest BCUT2D eigenvalue weighted by Crippen LogP contribution is 2.20. The minimum atomic E-state index is -3.49. The number of aromatic nitrogens is 1. The first-order valence-corrected chi connectivity index (χ1v) is 11.6. The summed E-state index contributed by atoms with van der Waals surface area (Å²) in [6, 6.07) is 17.4. The Hall–Kier alpha value is -2.90. The topological polar surface area (TPSA) is 73.5 Å². The van der Waals surface area contributed by atoms with Gasteiger partial charge in [-0.3, -0.25) is 4.79 Å². The van der Waals surface area contributed by atoms with Crippen molar-refractivity contribution in [1.29, 1.82) is 0 Å². The lowest BCUT2D eigenvalue weighted by atomic mass is 10.1. The predicted octanol–water partition coefficient (Wildman–Crippen LogP) is 3.25. The van der Waals surface area contributed by atoms with E-state index >= 15 is 0 Å². The van der Waals surface area contributed by atoms with Gasteiger partial charge >= 0.3 is 0 Å². The molecule has 3 aromatic rings. The Balaban J connectivity index is 1.30. The van der Waals surface area contributed by atoms with Crippen molar-refractivity contribution in [1.82, 2.24) is 14.2 Å². The van der Waals surface area contributed by atoms with E-state index in [1.807, 2.05) is 54.7 Å². The van der Waals surface area contributed by atoms with E-state index in [4.69, 9.17) is 0 Å². The number of hydrogen-bond acceptors (Lipinski definition) is 3. The van der Waals surface area contributed by atoms with Crippen LogP contribution < -0.4 is 0 Å². The van der Waals surface area contributed by atoms with Crippen LogP contribution in [0, 0.1) is 0 Å². The Kier molecular flexibility index (Phi) is 6.01. The number of sulfonamides is 1. The maximum absolute atomic E-state index is 12.6. The molecule has 0 saturated carbocycles. The molecule has 0 unspecified atom stereocenters. The number of nitrogens with one attached hydrogen (secondary N) is 1. The zero-order valence-electron chi connectivity index (χ0n) is 16.7. The van der Waals surface area contributed by atoms with Crippen molar-refractivity contribution in [3.05, 3.63) is 77.3 Å². The molecule has 0 spiro atoms. The Labute approximate surface area is 176 Å². The standard InChI is InChI=1S/C23H25N3O3S/c27-23(11-10-20-18-24-22-9-5-4-8-21(20)22)25-13-15-26(16-14-25)30(28,29)17-12-19-6-2-1-3-7-19/h1-9,12,17-18,24H,10-11,13-16H2. The highest BCUT2D eigenvalue weighted by atomic mass is 32.2. The summed E-state index contributed by atoms with van der Waals surface area (Å²) in [6.07, 6.45) is 4.65. The Morgan fingerprint density at radius 1 is 0.967 bits per heavy atom. The molecule has 2 heterocycles. The fraction of sp³-hybridized carbons (Fsp3) is 0.261. The van der Waals surface area contributed by atoms with Crippen LogP contribution in [-0.4, -0.2) is 54.7 Å². The normalized spacial score (nSPS) is 15.8. The molecule has 0 atom stereocenters. The summed E-state index contributed by atoms with van der Waals surface area (Å²) in [5.41, 5.74) is 3.04. The summed E-state index contributed by atoms with van der Waals surface area (Å²) in [6.45, 7) is 1.48. The van der Waals surface area contributed by atoms with Gasteiger partial charge in [0.05, 0.1) is 0 Å². The van der Waals surface area contributed by atoms with Crippen LogP contribution in [0.25, 0.3) is 17.0 Å². The van der Waals surface area contributed by atoms with E-state index in [0.717, 1.165) is 22.0 Å². The van der Waals surface area contributed by atoms with Gasteiger partial charge in [0.15, 0.2) is 0 Å². The molecule has 6 nitrogen and oxygen atoms in total. The minimum absolute atomic E-state index is 0.0668. The molecule has 2 aromatic carbocycles. The molecule has 1 N–H and O–H groups in total. The molecule has 1 aromatic heterocycles. The Bertz CT molecular complexity index is 1140. The maximum Gasteiger partial charge on any atom is 0.236 e. The van der Waals surface area contributed by atoms with E-state index in [1.54, 1.807) is 11.0 Å². The molecule has 7 heteroatoms. The number of carbonyl (C=O) groups excluding carboxylic acids is 1. The number of rotatable bonds is 6. The van der Waals surface area contributed by atoms with Gasteiger partial charge in [-0.15, -0.1) is 0 Å². The van der Waals surface area contributed by atoms with Crippen LogP contribution in [0.2, 0.25) is 0 Å². The second-order valence-corrected chi connectivity index (χ2v) is 9.22. The van der Waals surface area contributed by atoms with E-state index in [9.17, 15) is 13.2 Å². The number of nitrogens with zero attached hydrogens (tertiary/aromatic N) is 2. The highest BCUT2D eigenvalue weighted by molar-refractivity contribution is 7.92. The second kappa shape index (κ2) is 8.85. The molecule has 1 saturated heterocycles. The summed E-state index contributed by atoms with van der Waals surface area (Å²) >= 11 is 0. The van der Waals surface area contributed by atoms with Crippen LogP contribution in [0.3, 0.4) is 0 Å². The summed E-state index contributed by atoms with van der Waals surface area (Å²) in [4.78, 5) is 17.6. The van der Waals surface area contributed by atoms with Gasteiger partial charge in [0, 0.05) is 55.1 Å². The minimum Gasteiger partial charge on any atom is -0.361 e. The van der Waals surface area contributed by atoms with Gasteiger partial charge in [0.1, 0.15) is 0 Å². The molecular weight excluding hydrogens is 398 g/mol. The summed E-state index contributed by atoms with van der Waals surface area (Å²) < 4.78 is 26.6. The third-order valence-corrected chi connectivity index (χ3v) is 7.03. The number of fused-ring (bicyclic) bond motifs is 1. The van der Waals surface area contributed by atoms with E-state index in [2.05, 4.69) is 11.1 Å². The van der Waals surface area contributed by atoms with Gasteiger partial charge in [-0.05, 0) is 29.7 Å². The zero-order chi connectivity index (χ0) is 21.0. The molecule has 0 bridgehead atoms. The second-order valence-electron chi connectivity index (χ2n) is 7.40. The molecule has 0 radical (unpaired) electrons. The zero-order valence-corrected chi connectivity index (χ0v) is 17.5. The summed E-state index contributed by atoms with van der Waals surface area (Å²) in [5, 5.41) is 2.39. The maximum atomic E-state index is 12.6. The van der Waals surface area contributed by atoms with E-state index < -0.39 is 10.0 Å². The van der Waals surface area contributed by atoms with Crippen molar-refractivity contribution >= 4 is 32.9 Å². The van der Waals surface area contributed by atoms with Gasteiger partial charge in [-0.2, -0.15) is 4.31 Å². The van der Waals surface area contributed by atoms with Crippen molar-refractivity contribution in [2.45, 2.75) is 12.8 Å². The van der Waals surface area contributed by atoms with E-state index in [1.165, 1.54) is 9.71 Å². The first kappa shape index (κ1) is 20.4. The quantitative estimate of drug-likeness (QED) is 0.661. The fourth-order valence-electron chi connectivity index (χ4n) is 3.74. The molecule has 1 aliphatic heterocycles. The van der Waals surface area contributed by atoms with Crippen molar-refractivity contribution in [3.63, 3.8) is 0 Å². The van der Waals surface area contributed by atoms with Gasteiger partial charge in [-0.1, -0.05) is 48.5 Å². The van der Waals surface area contributed by atoms with E-state index in [0.29, 0.717) is 39.0 Å². The van der Waals surface area contributed by atoms with E-state index in [-0.39, 0.29) is 5.91 Å². The molecular formula is C23H25N3O3S. The predicted molar refractivity (Wildman–Crippen MR) is 119 cm³/mol. The Morgan fingerprint density at radius 3 is 2.43 bits per heavy atom. The smallest absolute Gasteiger partial charge is 0.236 e. The lowest BCUT2D eigenvalue weighted by Gasteiger charge is -2.33. The molecule has 0 aliphatic carbocycles. The largest absolute Gasteiger partial charge is 0.361 e. The molecule has 30 heavy (non-hydrogen) atoms. The van der Waals surface area contributed by atoms with Crippen LogP contribution >= 0.6 is 0 Å². The van der Waals surface area contributed by atoms with Gasteiger partial charge < -0.3 is 9.88 Å². The van der Waals surface area contributed by atoms with Gasteiger partial charge in [-0.25, -0.2) is 8.42 Å². The molecule has 4 rings (SSSR count). The van der Waals surface area contributed by atoms with Crippen LogP contribution in [0.5, 0.6) is 0 Å². The first-order valence-electron chi connectivity index (χ1n) is 10.1. The highest BCUT2D eigenvalue weighted by Gasteiger charge is 2.27. The number of benzene rings is 2. The summed E-state index contributed by atoms with van der Waals surface area (Å²) in [5.74, 6) is 0.0668. The lowest BCUT2D eigenvalue weighted by Crippen LogP contribution is -2.50. The van der Waals surface area contributed by atoms with Crippen molar-refractivity contribution < 1.29 is 13.2 Å². The number of amides is 1. The van der Waals surface area contributed by atoms with Gasteiger partial charge in [0.25, 0.3) is 0 Å². The first-order chi connectivity index (χ1) is 14.5. The molecule has 1 fully saturated rings. The number of hydrogen-bond donors (Lipinski definition) is 1. The van der Waals surface area contributed by atoms with Crippen LogP contribution in [-0.2, 0) is 21.2 Å². The lowest BCUT2D eigenvalue weighted by molar-refractivity contribution is -0.132. The number of piperazine rings is 1. The molecule has 1 aliphatic rings. The monoisotopic (exact) mass is 423 g/mol.